The standard InChI is InChI=1S/C21H38O5Si/c1-8-9-10-11-12-13-14-18(24-16(2)22)17-15-19(23)25-20(17)26-27(6,7)21(3,4)5/h15,18,20H,8-14H2,1-7H3. The summed E-state index contributed by atoms with van der Waals surface area (Å²) in [5.74, 6) is -0.772. The molecule has 2 unspecified atom stereocenters. The third kappa shape index (κ3) is 7.78. The summed E-state index contributed by atoms with van der Waals surface area (Å²) in [5, 5.41) is -0.0106. The zero-order chi connectivity index (χ0) is 20.7. The molecule has 1 aliphatic rings. The third-order valence-corrected chi connectivity index (χ3v) is 9.90. The minimum absolute atomic E-state index is 0.0106. The molecule has 0 saturated carbocycles. The molecule has 0 aromatic heterocycles. The highest BCUT2D eigenvalue weighted by molar-refractivity contribution is 6.74. The van der Waals surface area contributed by atoms with E-state index in [9.17, 15) is 9.59 Å². The maximum absolute atomic E-state index is 11.9. The number of hydrogen-bond donors (Lipinski definition) is 0. The molecule has 1 heterocycles. The Balaban J connectivity index is 2.80. The Labute approximate surface area is 166 Å². The number of rotatable bonds is 11. The molecule has 0 aromatic carbocycles. The van der Waals surface area contributed by atoms with E-state index in [0.29, 0.717) is 12.0 Å². The van der Waals surface area contributed by atoms with Gasteiger partial charge in [-0.25, -0.2) is 4.79 Å². The number of carbonyl (C=O) groups is 2. The van der Waals surface area contributed by atoms with Crippen molar-refractivity contribution < 1.29 is 23.5 Å². The third-order valence-electron chi connectivity index (χ3n) is 5.49. The van der Waals surface area contributed by atoms with E-state index in [-0.39, 0.29) is 11.0 Å². The van der Waals surface area contributed by atoms with Gasteiger partial charge in [0.25, 0.3) is 0 Å². The Morgan fingerprint density at radius 3 is 2.33 bits per heavy atom. The molecule has 0 spiro atoms. The van der Waals surface area contributed by atoms with Crippen LogP contribution in [-0.2, 0) is 23.5 Å². The van der Waals surface area contributed by atoms with Crippen LogP contribution in [0.15, 0.2) is 11.6 Å². The molecule has 2 atom stereocenters. The topological polar surface area (TPSA) is 61.8 Å². The lowest BCUT2D eigenvalue weighted by molar-refractivity contribution is -0.152. The first-order valence-electron chi connectivity index (χ1n) is 10.2. The predicted molar refractivity (Wildman–Crippen MR) is 110 cm³/mol. The van der Waals surface area contributed by atoms with Crippen molar-refractivity contribution in [3.05, 3.63) is 11.6 Å². The SMILES string of the molecule is CCCCCCCCC(OC(C)=O)C1=CC(=O)OC1O[Si](C)(C)C(C)(C)C. The highest BCUT2D eigenvalue weighted by Gasteiger charge is 2.44. The normalized spacial score (nSPS) is 18.9. The van der Waals surface area contributed by atoms with Crippen LogP contribution in [0, 0.1) is 0 Å². The van der Waals surface area contributed by atoms with E-state index in [1.165, 1.54) is 38.7 Å². The molecule has 0 aromatic rings. The van der Waals surface area contributed by atoms with Gasteiger partial charge in [-0.15, -0.1) is 0 Å². The van der Waals surface area contributed by atoms with Crippen molar-refractivity contribution in [1.29, 1.82) is 0 Å². The molecule has 1 aliphatic heterocycles. The fourth-order valence-corrected chi connectivity index (χ4v) is 3.87. The van der Waals surface area contributed by atoms with Gasteiger partial charge >= 0.3 is 11.9 Å². The smallest absolute Gasteiger partial charge is 0.333 e. The first-order chi connectivity index (χ1) is 12.5. The Kier molecular flexibility index (Phi) is 9.22. The van der Waals surface area contributed by atoms with E-state index in [0.717, 1.165) is 12.8 Å². The molecular formula is C21H38O5Si. The highest BCUT2D eigenvalue weighted by atomic mass is 28.4. The zero-order valence-corrected chi connectivity index (χ0v) is 19.2. The Bertz CT molecular complexity index is 533. The lowest BCUT2D eigenvalue weighted by Crippen LogP contribution is -2.45. The predicted octanol–water partition coefficient (Wildman–Crippen LogP) is 5.50. The number of carbonyl (C=O) groups excluding carboxylic acids is 2. The van der Waals surface area contributed by atoms with Gasteiger partial charge in [0.1, 0.15) is 6.10 Å². The molecule has 27 heavy (non-hydrogen) atoms. The van der Waals surface area contributed by atoms with Crippen molar-refractivity contribution in [3.63, 3.8) is 0 Å². The average molecular weight is 399 g/mol. The van der Waals surface area contributed by atoms with Gasteiger partial charge in [0.2, 0.25) is 6.29 Å². The number of cyclic esters (lactones) is 1. The van der Waals surface area contributed by atoms with Gasteiger partial charge in [0, 0.05) is 18.6 Å². The molecule has 0 radical (unpaired) electrons. The van der Waals surface area contributed by atoms with Crippen LogP contribution in [0.5, 0.6) is 0 Å². The highest BCUT2D eigenvalue weighted by Crippen LogP contribution is 2.39. The Morgan fingerprint density at radius 2 is 1.78 bits per heavy atom. The van der Waals surface area contributed by atoms with E-state index in [2.05, 4.69) is 40.8 Å². The van der Waals surface area contributed by atoms with Crippen LogP contribution in [0.2, 0.25) is 18.1 Å². The lowest BCUT2D eigenvalue weighted by Gasteiger charge is -2.38. The summed E-state index contributed by atoms with van der Waals surface area (Å²) in [6.07, 6.45) is 7.84. The monoisotopic (exact) mass is 398 g/mol. The summed E-state index contributed by atoms with van der Waals surface area (Å²) in [7, 11) is -2.14. The van der Waals surface area contributed by atoms with E-state index < -0.39 is 26.7 Å². The van der Waals surface area contributed by atoms with Gasteiger partial charge < -0.3 is 13.9 Å². The summed E-state index contributed by atoms with van der Waals surface area (Å²) in [6.45, 7) is 14.2. The van der Waals surface area contributed by atoms with Gasteiger partial charge in [-0.1, -0.05) is 59.8 Å². The van der Waals surface area contributed by atoms with Crippen molar-refractivity contribution >= 4 is 20.3 Å². The number of ether oxygens (including phenoxy) is 2. The lowest BCUT2D eigenvalue weighted by atomic mass is 10.0. The second-order valence-corrected chi connectivity index (χ2v) is 13.7. The van der Waals surface area contributed by atoms with Crippen LogP contribution in [-0.4, -0.2) is 32.6 Å². The zero-order valence-electron chi connectivity index (χ0n) is 18.2. The van der Waals surface area contributed by atoms with Crippen LogP contribution < -0.4 is 0 Å². The quantitative estimate of drug-likeness (QED) is 0.261. The molecule has 0 amide bonds. The molecule has 0 fully saturated rings. The van der Waals surface area contributed by atoms with Crippen LogP contribution in [0.1, 0.15) is 79.6 Å². The summed E-state index contributed by atoms with van der Waals surface area (Å²) >= 11 is 0. The minimum atomic E-state index is -2.14. The number of hydrogen-bond acceptors (Lipinski definition) is 5. The second kappa shape index (κ2) is 10.4. The van der Waals surface area contributed by atoms with Crippen LogP contribution in [0.3, 0.4) is 0 Å². The van der Waals surface area contributed by atoms with Crippen LogP contribution >= 0.6 is 0 Å². The molecule has 6 heteroatoms. The van der Waals surface area contributed by atoms with Gasteiger partial charge in [-0.05, 0) is 31.0 Å². The molecule has 1 rings (SSSR count). The molecular weight excluding hydrogens is 360 g/mol. The largest absolute Gasteiger partial charge is 0.458 e. The summed E-state index contributed by atoms with van der Waals surface area (Å²) in [4.78, 5) is 23.5. The molecule has 156 valence electrons. The van der Waals surface area contributed by atoms with Crippen LogP contribution in [0.25, 0.3) is 0 Å². The van der Waals surface area contributed by atoms with Gasteiger partial charge in [-0.2, -0.15) is 0 Å². The van der Waals surface area contributed by atoms with Gasteiger partial charge in [0.15, 0.2) is 8.32 Å². The minimum Gasteiger partial charge on any atom is -0.458 e. The Morgan fingerprint density at radius 1 is 1.19 bits per heavy atom. The molecule has 0 N–H and O–H groups in total. The summed E-state index contributed by atoms with van der Waals surface area (Å²) in [5.41, 5.74) is 0.647. The number of esters is 2. The van der Waals surface area contributed by atoms with E-state index in [4.69, 9.17) is 13.9 Å². The second-order valence-electron chi connectivity index (χ2n) is 8.95. The average Bonchev–Trinajstić information content (AvgIpc) is 2.87. The summed E-state index contributed by atoms with van der Waals surface area (Å²) in [6, 6.07) is 0. The molecule has 0 aliphatic carbocycles. The fourth-order valence-electron chi connectivity index (χ4n) is 2.80. The fraction of sp³-hybridized carbons (Fsp3) is 0.810. The van der Waals surface area contributed by atoms with Crippen molar-refractivity contribution in [3.8, 4) is 0 Å². The van der Waals surface area contributed by atoms with Crippen LogP contribution in [0.4, 0.5) is 0 Å². The van der Waals surface area contributed by atoms with E-state index in [1.54, 1.807) is 0 Å². The van der Waals surface area contributed by atoms with Crippen molar-refractivity contribution in [2.24, 2.45) is 0 Å². The molecule has 0 bridgehead atoms. The maximum atomic E-state index is 11.9. The summed E-state index contributed by atoms with van der Waals surface area (Å²) < 4.78 is 17.3. The van der Waals surface area contributed by atoms with Crippen molar-refractivity contribution in [2.45, 2.75) is 110 Å². The maximum Gasteiger partial charge on any atom is 0.333 e. The van der Waals surface area contributed by atoms with Gasteiger partial charge in [-0.3, -0.25) is 4.79 Å². The Hall–Kier alpha value is -1.14. The molecule has 0 saturated heterocycles. The number of unbranched alkanes of at least 4 members (excludes halogenated alkanes) is 5. The first kappa shape index (κ1) is 23.9. The van der Waals surface area contributed by atoms with E-state index >= 15 is 0 Å². The van der Waals surface area contributed by atoms with E-state index in [1.807, 2.05) is 0 Å². The van der Waals surface area contributed by atoms with Crippen molar-refractivity contribution in [2.75, 3.05) is 0 Å². The van der Waals surface area contributed by atoms with Gasteiger partial charge in [0.05, 0.1) is 0 Å². The first-order valence-corrected chi connectivity index (χ1v) is 13.2. The van der Waals surface area contributed by atoms with Crippen molar-refractivity contribution in [1.82, 2.24) is 0 Å². The molecule has 5 nitrogen and oxygen atoms in total.